The molecule has 0 rings (SSSR count). The van der Waals surface area contributed by atoms with Crippen LogP contribution < -0.4 is 0 Å². The number of aliphatic hydroxyl groups is 1. The molecule has 2 nitrogen and oxygen atoms in total. The number of hydrogen-bond acceptors (Lipinski definition) is 2. The van der Waals surface area contributed by atoms with E-state index >= 15 is 0 Å². The number of aliphatic hydroxyl groups excluding tert-OH is 1. The lowest BCUT2D eigenvalue weighted by molar-refractivity contribution is 0.112. The molecule has 0 radical (unpaired) electrons. The molecule has 0 aliphatic carbocycles. The molecule has 46 valence electrons. The Morgan fingerprint density at radius 1 is 1.50 bits per heavy atom. The molecule has 0 aliphatic heterocycles. The molecule has 0 aromatic carbocycles. The Morgan fingerprint density at radius 2 is 1.88 bits per heavy atom. The molecule has 0 saturated carbocycles. The van der Waals surface area contributed by atoms with E-state index in [1.54, 1.807) is 6.07 Å². The van der Waals surface area contributed by atoms with Crippen LogP contribution in [0.3, 0.4) is 0 Å². The SMILES string of the molecule is CC(C)(C)C(O)C#N. The van der Waals surface area contributed by atoms with E-state index in [2.05, 4.69) is 0 Å². The van der Waals surface area contributed by atoms with Crippen LogP contribution in [0.25, 0.3) is 0 Å². The molecule has 0 aromatic rings. The fraction of sp³-hybridized carbons (Fsp3) is 0.833. The molecule has 0 bridgehead atoms. The molecule has 0 heterocycles. The summed E-state index contributed by atoms with van der Waals surface area (Å²) < 4.78 is 0. The highest BCUT2D eigenvalue weighted by molar-refractivity contribution is 4.90. The first-order chi connectivity index (χ1) is 3.48. The van der Waals surface area contributed by atoms with Crippen molar-refractivity contribution in [3.8, 4) is 6.07 Å². The molecular formula is C6H11NO. The summed E-state index contributed by atoms with van der Waals surface area (Å²) >= 11 is 0. The predicted octanol–water partition coefficient (Wildman–Crippen LogP) is 0.917. The third-order valence-electron chi connectivity index (χ3n) is 0.943. The van der Waals surface area contributed by atoms with Gasteiger partial charge < -0.3 is 5.11 Å². The minimum atomic E-state index is -0.845. The summed E-state index contributed by atoms with van der Waals surface area (Å²) in [7, 11) is 0. The van der Waals surface area contributed by atoms with Crippen molar-refractivity contribution in [2.75, 3.05) is 0 Å². The second-order valence-electron chi connectivity index (χ2n) is 2.90. The topological polar surface area (TPSA) is 44.0 Å². The van der Waals surface area contributed by atoms with E-state index in [0.717, 1.165) is 0 Å². The maximum Gasteiger partial charge on any atom is 0.145 e. The van der Waals surface area contributed by atoms with Gasteiger partial charge in [-0.3, -0.25) is 0 Å². The summed E-state index contributed by atoms with van der Waals surface area (Å²) in [6.07, 6.45) is -0.845. The summed E-state index contributed by atoms with van der Waals surface area (Å²) in [6, 6.07) is 1.76. The van der Waals surface area contributed by atoms with Crippen LogP contribution in [0.2, 0.25) is 0 Å². The van der Waals surface area contributed by atoms with Gasteiger partial charge in [0.25, 0.3) is 0 Å². The molecule has 0 saturated heterocycles. The van der Waals surface area contributed by atoms with Gasteiger partial charge in [0, 0.05) is 5.41 Å². The van der Waals surface area contributed by atoms with Gasteiger partial charge in [-0.05, 0) is 0 Å². The van der Waals surface area contributed by atoms with Gasteiger partial charge >= 0.3 is 0 Å². The molecule has 0 spiro atoms. The Bertz CT molecular complexity index is 107. The van der Waals surface area contributed by atoms with Crippen molar-refractivity contribution in [2.45, 2.75) is 26.9 Å². The standard InChI is InChI=1S/C6H11NO/c1-6(2,3)5(8)4-7/h5,8H,1-3H3. The second-order valence-corrected chi connectivity index (χ2v) is 2.90. The van der Waals surface area contributed by atoms with Crippen LogP contribution in [0.1, 0.15) is 20.8 Å². The quantitative estimate of drug-likeness (QED) is 0.475. The van der Waals surface area contributed by atoms with Gasteiger partial charge in [-0.25, -0.2) is 0 Å². The van der Waals surface area contributed by atoms with E-state index < -0.39 is 6.10 Å². The lowest BCUT2D eigenvalue weighted by Gasteiger charge is -2.18. The Balaban J connectivity index is 3.87. The van der Waals surface area contributed by atoms with Crippen LogP contribution in [0.5, 0.6) is 0 Å². The maximum absolute atomic E-state index is 8.83. The molecule has 1 N–H and O–H groups in total. The first kappa shape index (κ1) is 7.45. The average molecular weight is 113 g/mol. The molecular weight excluding hydrogens is 102 g/mol. The number of nitriles is 1. The maximum atomic E-state index is 8.83. The van der Waals surface area contributed by atoms with E-state index in [9.17, 15) is 0 Å². The lowest BCUT2D eigenvalue weighted by atomic mass is 9.90. The van der Waals surface area contributed by atoms with Crippen LogP contribution in [-0.4, -0.2) is 11.2 Å². The fourth-order valence-corrected chi connectivity index (χ4v) is 0.194. The Hall–Kier alpha value is -0.550. The molecule has 1 unspecified atom stereocenters. The third kappa shape index (κ3) is 1.94. The second kappa shape index (κ2) is 2.15. The van der Waals surface area contributed by atoms with Gasteiger partial charge in [0.1, 0.15) is 6.10 Å². The zero-order chi connectivity index (χ0) is 6.78. The van der Waals surface area contributed by atoms with E-state index in [0.29, 0.717) is 0 Å². The van der Waals surface area contributed by atoms with Crippen molar-refractivity contribution in [3.63, 3.8) is 0 Å². The normalized spacial score (nSPS) is 14.9. The monoisotopic (exact) mass is 113 g/mol. The van der Waals surface area contributed by atoms with Gasteiger partial charge in [-0.1, -0.05) is 20.8 Å². The summed E-state index contributed by atoms with van der Waals surface area (Å²) in [5.74, 6) is 0. The summed E-state index contributed by atoms with van der Waals surface area (Å²) in [5, 5.41) is 17.0. The smallest absolute Gasteiger partial charge is 0.145 e. The molecule has 0 aromatic heterocycles. The van der Waals surface area contributed by atoms with Crippen LogP contribution in [-0.2, 0) is 0 Å². The summed E-state index contributed by atoms with van der Waals surface area (Å²) in [4.78, 5) is 0. The van der Waals surface area contributed by atoms with Crippen LogP contribution >= 0.6 is 0 Å². The van der Waals surface area contributed by atoms with Crippen molar-refractivity contribution in [3.05, 3.63) is 0 Å². The van der Waals surface area contributed by atoms with E-state index in [1.807, 2.05) is 20.8 Å². The highest BCUT2D eigenvalue weighted by atomic mass is 16.3. The van der Waals surface area contributed by atoms with Crippen LogP contribution in [0.4, 0.5) is 0 Å². The average Bonchev–Trinajstić information content (AvgIpc) is 1.62. The minimum Gasteiger partial charge on any atom is -0.378 e. The Kier molecular flexibility index (Phi) is 2.00. The van der Waals surface area contributed by atoms with Gasteiger partial charge in [-0.15, -0.1) is 0 Å². The first-order valence-electron chi connectivity index (χ1n) is 2.56. The van der Waals surface area contributed by atoms with Crippen molar-refractivity contribution < 1.29 is 5.11 Å². The minimum absolute atomic E-state index is 0.297. The third-order valence-corrected chi connectivity index (χ3v) is 0.943. The highest BCUT2D eigenvalue weighted by Gasteiger charge is 2.20. The molecule has 0 aliphatic rings. The van der Waals surface area contributed by atoms with Crippen LogP contribution in [0.15, 0.2) is 0 Å². The summed E-state index contributed by atoms with van der Waals surface area (Å²) in [6.45, 7) is 5.46. The van der Waals surface area contributed by atoms with Crippen LogP contribution in [0, 0.1) is 16.7 Å². The Labute approximate surface area is 49.8 Å². The zero-order valence-electron chi connectivity index (χ0n) is 5.47. The van der Waals surface area contributed by atoms with Gasteiger partial charge in [0.2, 0.25) is 0 Å². The van der Waals surface area contributed by atoms with E-state index in [4.69, 9.17) is 10.4 Å². The van der Waals surface area contributed by atoms with Gasteiger partial charge in [-0.2, -0.15) is 5.26 Å². The van der Waals surface area contributed by atoms with Crippen molar-refractivity contribution in [1.29, 1.82) is 5.26 Å². The molecule has 0 amide bonds. The summed E-state index contributed by atoms with van der Waals surface area (Å²) in [5.41, 5.74) is -0.297. The predicted molar refractivity (Wildman–Crippen MR) is 31.1 cm³/mol. The molecule has 2 heteroatoms. The van der Waals surface area contributed by atoms with Crippen molar-refractivity contribution in [2.24, 2.45) is 5.41 Å². The largest absolute Gasteiger partial charge is 0.378 e. The van der Waals surface area contributed by atoms with E-state index in [-0.39, 0.29) is 5.41 Å². The molecule has 0 fully saturated rings. The number of hydrogen-bond donors (Lipinski definition) is 1. The van der Waals surface area contributed by atoms with Gasteiger partial charge in [0.05, 0.1) is 6.07 Å². The number of nitrogens with zero attached hydrogens (tertiary/aromatic N) is 1. The Morgan fingerprint density at radius 3 is 1.88 bits per heavy atom. The fourth-order valence-electron chi connectivity index (χ4n) is 0.194. The highest BCUT2D eigenvalue weighted by Crippen LogP contribution is 2.17. The number of rotatable bonds is 0. The van der Waals surface area contributed by atoms with Crippen molar-refractivity contribution >= 4 is 0 Å². The zero-order valence-corrected chi connectivity index (χ0v) is 5.47. The lowest BCUT2D eigenvalue weighted by Crippen LogP contribution is -2.23. The first-order valence-corrected chi connectivity index (χ1v) is 2.56. The van der Waals surface area contributed by atoms with E-state index in [1.165, 1.54) is 0 Å². The van der Waals surface area contributed by atoms with Crippen molar-refractivity contribution in [1.82, 2.24) is 0 Å². The molecule has 1 atom stereocenters. The van der Waals surface area contributed by atoms with Gasteiger partial charge in [0.15, 0.2) is 0 Å². The molecule has 8 heavy (non-hydrogen) atoms.